The SMILES string of the molecule is O=C(C[C@H]1CC[C@@H](CNC(=O)c2cncnc2)N1CC1CC1)NC1CCCCC1. The highest BCUT2D eigenvalue weighted by Crippen LogP contribution is 2.35. The predicted molar refractivity (Wildman–Crippen MR) is 110 cm³/mol. The van der Waals surface area contributed by atoms with Gasteiger partial charge >= 0.3 is 0 Å². The Kier molecular flexibility index (Phi) is 6.74. The summed E-state index contributed by atoms with van der Waals surface area (Å²) in [5, 5.41) is 6.32. The van der Waals surface area contributed by atoms with E-state index in [4.69, 9.17) is 0 Å². The maximum atomic E-state index is 12.7. The standard InChI is InChI=1S/C22H33N5O2/c28-21(26-18-4-2-1-3-5-18)10-19-8-9-20(27(19)14-16-6-7-16)13-25-22(29)17-11-23-15-24-12-17/h11-12,15-16,18-20H,1-10,13-14H2,(H,25,29)(H,26,28)/t19-,20+/m1/s1. The lowest BCUT2D eigenvalue weighted by Crippen LogP contribution is -2.46. The molecule has 2 amide bonds. The smallest absolute Gasteiger partial charge is 0.254 e. The third-order valence-electron chi connectivity index (χ3n) is 6.65. The van der Waals surface area contributed by atoms with Gasteiger partial charge in [-0.15, -0.1) is 0 Å². The van der Waals surface area contributed by atoms with E-state index in [-0.39, 0.29) is 11.8 Å². The van der Waals surface area contributed by atoms with Crippen molar-refractivity contribution in [1.29, 1.82) is 0 Å². The number of rotatable bonds is 8. The van der Waals surface area contributed by atoms with Gasteiger partial charge in [0.1, 0.15) is 6.33 Å². The molecule has 0 aromatic carbocycles. The van der Waals surface area contributed by atoms with E-state index in [1.165, 1.54) is 50.8 Å². The van der Waals surface area contributed by atoms with Gasteiger partial charge in [0.15, 0.2) is 0 Å². The summed E-state index contributed by atoms with van der Waals surface area (Å²) in [4.78, 5) is 35.3. The molecule has 7 nitrogen and oxygen atoms in total. The number of nitrogens with one attached hydrogen (secondary N) is 2. The van der Waals surface area contributed by atoms with Crippen LogP contribution >= 0.6 is 0 Å². The van der Waals surface area contributed by atoms with E-state index in [0.29, 0.717) is 36.7 Å². The Hall–Kier alpha value is -2.02. The van der Waals surface area contributed by atoms with Gasteiger partial charge in [-0.25, -0.2) is 9.97 Å². The fourth-order valence-electron chi connectivity index (χ4n) is 4.83. The largest absolute Gasteiger partial charge is 0.353 e. The first kappa shape index (κ1) is 20.3. The highest BCUT2D eigenvalue weighted by Gasteiger charge is 2.38. The Balaban J connectivity index is 1.30. The van der Waals surface area contributed by atoms with Gasteiger partial charge in [-0.2, -0.15) is 0 Å². The van der Waals surface area contributed by atoms with E-state index in [0.717, 1.165) is 38.1 Å². The molecular weight excluding hydrogens is 366 g/mol. The van der Waals surface area contributed by atoms with E-state index in [9.17, 15) is 9.59 Å². The van der Waals surface area contributed by atoms with Gasteiger partial charge in [-0.05, 0) is 44.4 Å². The molecule has 1 saturated heterocycles. The molecule has 0 spiro atoms. The Morgan fingerprint density at radius 1 is 0.966 bits per heavy atom. The predicted octanol–water partition coefficient (Wildman–Crippen LogP) is 2.29. The van der Waals surface area contributed by atoms with Crippen LogP contribution in [-0.4, -0.2) is 57.9 Å². The zero-order valence-electron chi connectivity index (χ0n) is 17.2. The Morgan fingerprint density at radius 3 is 2.41 bits per heavy atom. The van der Waals surface area contributed by atoms with Crippen LogP contribution in [0, 0.1) is 5.92 Å². The zero-order valence-corrected chi connectivity index (χ0v) is 17.2. The van der Waals surface area contributed by atoms with Crippen molar-refractivity contribution in [2.75, 3.05) is 13.1 Å². The topological polar surface area (TPSA) is 87.2 Å². The molecule has 2 N–H and O–H groups in total. The van der Waals surface area contributed by atoms with Crippen LogP contribution in [0.15, 0.2) is 18.7 Å². The summed E-state index contributed by atoms with van der Waals surface area (Å²) in [5.41, 5.74) is 0.489. The molecule has 1 aromatic heterocycles. The van der Waals surface area contributed by atoms with E-state index >= 15 is 0 Å². The summed E-state index contributed by atoms with van der Waals surface area (Å²) in [7, 11) is 0. The van der Waals surface area contributed by atoms with Gasteiger partial charge in [0.05, 0.1) is 5.56 Å². The van der Waals surface area contributed by atoms with Gasteiger partial charge in [-0.1, -0.05) is 19.3 Å². The van der Waals surface area contributed by atoms with Crippen LogP contribution < -0.4 is 10.6 Å². The number of likely N-dealkylation sites (tertiary alicyclic amines) is 1. The van der Waals surface area contributed by atoms with Crippen LogP contribution in [0.1, 0.15) is 74.6 Å². The fraction of sp³-hybridized carbons (Fsp3) is 0.727. The van der Waals surface area contributed by atoms with Gasteiger partial charge in [0.2, 0.25) is 5.91 Å². The second kappa shape index (κ2) is 9.65. The van der Waals surface area contributed by atoms with Crippen molar-refractivity contribution in [1.82, 2.24) is 25.5 Å². The Labute approximate surface area is 173 Å². The van der Waals surface area contributed by atoms with Crippen molar-refractivity contribution < 1.29 is 9.59 Å². The molecular formula is C22H33N5O2. The van der Waals surface area contributed by atoms with Gasteiger partial charge in [-0.3, -0.25) is 14.5 Å². The summed E-state index contributed by atoms with van der Waals surface area (Å²) in [6.07, 6.45) is 15.7. The highest BCUT2D eigenvalue weighted by molar-refractivity contribution is 5.93. The lowest BCUT2D eigenvalue weighted by Gasteiger charge is -2.31. The molecule has 4 rings (SSSR count). The zero-order chi connectivity index (χ0) is 20.1. The second-order valence-electron chi connectivity index (χ2n) is 8.97. The molecule has 2 saturated carbocycles. The van der Waals surface area contributed by atoms with Gasteiger partial charge in [0.25, 0.3) is 5.91 Å². The van der Waals surface area contributed by atoms with Crippen LogP contribution in [0.2, 0.25) is 0 Å². The summed E-state index contributed by atoms with van der Waals surface area (Å²) in [5.74, 6) is 0.835. The summed E-state index contributed by atoms with van der Waals surface area (Å²) >= 11 is 0. The number of amides is 2. The number of carbonyl (C=O) groups is 2. The molecule has 7 heteroatoms. The molecule has 158 valence electrons. The maximum absolute atomic E-state index is 12.7. The average Bonchev–Trinajstić information content (AvgIpc) is 3.49. The maximum Gasteiger partial charge on any atom is 0.254 e. The van der Waals surface area contributed by atoms with Gasteiger partial charge < -0.3 is 10.6 Å². The number of hydrogen-bond acceptors (Lipinski definition) is 5. The van der Waals surface area contributed by atoms with E-state index in [1.807, 2.05) is 0 Å². The minimum Gasteiger partial charge on any atom is -0.353 e. The molecule has 29 heavy (non-hydrogen) atoms. The second-order valence-corrected chi connectivity index (χ2v) is 8.97. The minimum absolute atomic E-state index is 0.129. The first-order chi connectivity index (χ1) is 14.2. The highest BCUT2D eigenvalue weighted by atomic mass is 16.2. The van der Waals surface area contributed by atoms with Crippen molar-refractivity contribution in [2.45, 2.75) is 82.3 Å². The van der Waals surface area contributed by atoms with Crippen LogP contribution in [0.25, 0.3) is 0 Å². The van der Waals surface area contributed by atoms with E-state index < -0.39 is 0 Å². The number of hydrogen-bond donors (Lipinski definition) is 2. The number of carbonyl (C=O) groups excluding carboxylic acids is 2. The summed E-state index contributed by atoms with van der Waals surface area (Å²) in [6, 6.07) is 0.968. The summed E-state index contributed by atoms with van der Waals surface area (Å²) in [6.45, 7) is 1.66. The van der Waals surface area contributed by atoms with E-state index in [2.05, 4.69) is 25.5 Å². The molecule has 2 heterocycles. The van der Waals surface area contributed by atoms with Crippen LogP contribution in [0.5, 0.6) is 0 Å². The van der Waals surface area contributed by atoms with Crippen molar-refractivity contribution in [3.05, 3.63) is 24.3 Å². The molecule has 3 aliphatic rings. The molecule has 2 aliphatic carbocycles. The van der Waals surface area contributed by atoms with Gasteiger partial charge in [0, 0.05) is 50.0 Å². The molecule has 0 bridgehead atoms. The molecule has 0 unspecified atom stereocenters. The van der Waals surface area contributed by atoms with Crippen molar-refractivity contribution in [3.8, 4) is 0 Å². The molecule has 1 aliphatic heterocycles. The fourth-order valence-corrected chi connectivity index (χ4v) is 4.83. The first-order valence-corrected chi connectivity index (χ1v) is 11.3. The average molecular weight is 400 g/mol. The van der Waals surface area contributed by atoms with Crippen molar-refractivity contribution in [2.24, 2.45) is 5.92 Å². The quantitative estimate of drug-likeness (QED) is 0.700. The summed E-state index contributed by atoms with van der Waals surface area (Å²) < 4.78 is 0. The molecule has 0 radical (unpaired) electrons. The first-order valence-electron chi connectivity index (χ1n) is 11.3. The van der Waals surface area contributed by atoms with Crippen LogP contribution in [0.4, 0.5) is 0 Å². The number of nitrogens with zero attached hydrogens (tertiary/aromatic N) is 3. The minimum atomic E-state index is -0.129. The molecule has 1 aromatic rings. The number of aromatic nitrogens is 2. The molecule has 3 fully saturated rings. The monoisotopic (exact) mass is 399 g/mol. The third-order valence-corrected chi connectivity index (χ3v) is 6.65. The molecule has 2 atom stereocenters. The van der Waals surface area contributed by atoms with Crippen LogP contribution in [0.3, 0.4) is 0 Å². The Bertz CT molecular complexity index is 688. The lowest BCUT2D eigenvalue weighted by atomic mass is 9.95. The van der Waals surface area contributed by atoms with E-state index in [1.54, 1.807) is 0 Å². The lowest BCUT2D eigenvalue weighted by molar-refractivity contribution is -0.123. The van der Waals surface area contributed by atoms with Crippen molar-refractivity contribution >= 4 is 11.8 Å². The third kappa shape index (κ3) is 5.75. The van der Waals surface area contributed by atoms with Crippen LogP contribution in [-0.2, 0) is 4.79 Å². The van der Waals surface area contributed by atoms with Crippen molar-refractivity contribution in [3.63, 3.8) is 0 Å². The Morgan fingerprint density at radius 2 is 1.69 bits per heavy atom. The normalized spacial score (nSPS) is 25.7.